The third kappa shape index (κ3) is 3.97. The highest BCUT2D eigenvalue weighted by Crippen LogP contribution is 2.20. The van der Waals surface area contributed by atoms with E-state index in [9.17, 15) is 5.11 Å². The van der Waals surface area contributed by atoms with E-state index in [1.165, 1.54) is 0 Å². The Kier molecular flexibility index (Phi) is 5.18. The highest BCUT2D eigenvalue weighted by Gasteiger charge is 2.06. The lowest BCUT2D eigenvalue weighted by molar-refractivity contribution is 0.474. The van der Waals surface area contributed by atoms with Crippen LogP contribution in [-0.4, -0.2) is 17.0 Å². The molecule has 4 heteroatoms. The number of aromatic hydroxyl groups is 1. The van der Waals surface area contributed by atoms with Gasteiger partial charge in [0, 0.05) is 21.2 Å². The van der Waals surface area contributed by atoms with Crippen molar-refractivity contribution in [1.82, 2.24) is 0 Å². The zero-order valence-electron chi connectivity index (χ0n) is 12.8. The van der Waals surface area contributed by atoms with Crippen LogP contribution in [0.2, 0.25) is 0 Å². The first-order valence-electron chi connectivity index (χ1n) is 7.44. The van der Waals surface area contributed by atoms with E-state index in [1.807, 2.05) is 60.7 Å². The van der Waals surface area contributed by atoms with E-state index >= 15 is 0 Å². The highest BCUT2D eigenvalue weighted by atomic mass is 79.9. The number of rotatable bonds is 4. The Hall–Kier alpha value is -2.72. The lowest BCUT2D eigenvalue weighted by Crippen LogP contribution is -2.02. The molecule has 0 radical (unpaired) electrons. The van der Waals surface area contributed by atoms with Crippen molar-refractivity contribution in [3.63, 3.8) is 0 Å². The number of hydrogen-bond acceptors (Lipinski definition) is 3. The van der Waals surface area contributed by atoms with Gasteiger partial charge in [0.25, 0.3) is 0 Å². The summed E-state index contributed by atoms with van der Waals surface area (Å²) < 4.78 is 0.872. The maximum atomic E-state index is 9.87. The van der Waals surface area contributed by atoms with Gasteiger partial charge in [0.1, 0.15) is 11.5 Å². The predicted octanol–water partition coefficient (Wildman–Crippen LogP) is 5.03. The molecular formula is C20H15BrN2O. The lowest BCUT2D eigenvalue weighted by Gasteiger charge is -2.05. The van der Waals surface area contributed by atoms with Gasteiger partial charge in [0.05, 0.1) is 6.21 Å². The van der Waals surface area contributed by atoms with Crippen molar-refractivity contribution in [2.24, 2.45) is 10.2 Å². The Morgan fingerprint density at radius 1 is 0.833 bits per heavy atom. The summed E-state index contributed by atoms with van der Waals surface area (Å²) in [5.41, 5.74) is 3.36. The standard InChI is InChI=1S/C20H15BrN2O/c21-18-11-12-19(24)17(13-18)14-22-23-20(15-7-3-1-4-8-15)16-9-5-2-6-10-16/h1-14,24H/b22-14+. The summed E-state index contributed by atoms with van der Waals surface area (Å²) in [6, 6.07) is 25.0. The summed E-state index contributed by atoms with van der Waals surface area (Å²) in [4.78, 5) is 0. The number of hydrogen-bond donors (Lipinski definition) is 1. The van der Waals surface area contributed by atoms with Gasteiger partial charge >= 0.3 is 0 Å². The van der Waals surface area contributed by atoms with E-state index in [2.05, 4.69) is 26.1 Å². The van der Waals surface area contributed by atoms with Crippen molar-refractivity contribution in [1.29, 1.82) is 0 Å². The van der Waals surface area contributed by atoms with Crippen LogP contribution in [0.25, 0.3) is 0 Å². The summed E-state index contributed by atoms with van der Waals surface area (Å²) in [6.45, 7) is 0. The molecule has 0 aromatic heterocycles. The number of phenols is 1. The molecule has 0 heterocycles. The minimum atomic E-state index is 0.165. The minimum absolute atomic E-state index is 0.165. The maximum absolute atomic E-state index is 9.87. The molecule has 118 valence electrons. The van der Waals surface area contributed by atoms with E-state index in [1.54, 1.807) is 24.4 Å². The first-order valence-corrected chi connectivity index (χ1v) is 8.24. The highest BCUT2D eigenvalue weighted by molar-refractivity contribution is 9.10. The first kappa shape index (κ1) is 16.1. The number of nitrogens with zero attached hydrogens (tertiary/aromatic N) is 2. The molecule has 0 bridgehead atoms. The van der Waals surface area contributed by atoms with Crippen LogP contribution in [0, 0.1) is 0 Å². The molecule has 0 aliphatic heterocycles. The average Bonchev–Trinajstić information content (AvgIpc) is 2.63. The van der Waals surface area contributed by atoms with E-state index in [0.717, 1.165) is 21.3 Å². The van der Waals surface area contributed by atoms with Gasteiger partial charge in [-0.2, -0.15) is 5.10 Å². The van der Waals surface area contributed by atoms with Crippen molar-refractivity contribution in [2.75, 3.05) is 0 Å². The second-order valence-corrected chi connectivity index (χ2v) is 6.04. The molecule has 0 spiro atoms. The minimum Gasteiger partial charge on any atom is -0.507 e. The largest absolute Gasteiger partial charge is 0.507 e. The van der Waals surface area contributed by atoms with E-state index in [0.29, 0.717) is 5.56 Å². The van der Waals surface area contributed by atoms with Crippen LogP contribution in [0.3, 0.4) is 0 Å². The van der Waals surface area contributed by atoms with Crippen molar-refractivity contribution >= 4 is 27.9 Å². The fourth-order valence-electron chi connectivity index (χ4n) is 2.25. The molecule has 3 aromatic rings. The van der Waals surface area contributed by atoms with Gasteiger partial charge in [-0.15, -0.1) is 5.10 Å². The third-order valence-electron chi connectivity index (χ3n) is 3.44. The zero-order valence-corrected chi connectivity index (χ0v) is 14.4. The van der Waals surface area contributed by atoms with Gasteiger partial charge in [-0.3, -0.25) is 0 Å². The molecule has 0 fully saturated rings. The normalized spacial score (nSPS) is 10.7. The summed E-state index contributed by atoms with van der Waals surface area (Å²) in [5.74, 6) is 0.165. The van der Waals surface area contributed by atoms with Crippen LogP contribution in [-0.2, 0) is 0 Å². The Morgan fingerprint density at radius 3 is 2.00 bits per heavy atom. The monoisotopic (exact) mass is 378 g/mol. The van der Waals surface area contributed by atoms with E-state index in [-0.39, 0.29) is 5.75 Å². The van der Waals surface area contributed by atoms with Crippen molar-refractivity contribution in [3.8, 4) is 5.75 Å². The third-order valence-corrected chi connectivity index (χ3v) is 3.93. The molecule has 3 aromatic carbocycles. The number of phenolic OH excluding ortho intramolecular Hbond substituents is 1. The quantitative estimate of drug-likeness (QED) is 0.502. The van der Waals surface area contributed by atoms with E-state index in [4.69, 9.17) is 0 Å². The SMILES string of the molecule is Oc1ccc(Br)cc1/C=N/N=C(c1ccccc1)c1ccccc1. The van der Waals surface area contributed by atoms with Crippen molar-refractivity contribution in [3.05, 3.63) is 100 Å². The molecule has 0 aliphatic carbocycles. The summed E-state index contributed by atoms with van der Waals surface area (Å²) in [5, 5.41) is 18.4. The van der Waals surface area contributed by atoms with Gasteiger partial charge < -0.3 is 5.11 Å². The Labute approximate surface area is 149 Å². The summed E-state index contributed by atoms with van der Waals surface area (Å²) >= 11 is 3.38. The molecule has 3 rings (SSSR count). The smallest absolute Gasteiger partial charge is 0.124 e. The fraction of sp³-hybridized carbons (Fsp3) is 0. The molecule has 1 N–H and O–H groups in total. The predicted molar refractivity (Wildman–Crippen MR) is 102 cm³/mol. The molecule has 0 saturated carbocycles. The van der Waals surface area contributed by atoms with Crippen LogP contribution in [0.15, 0.2) is 93.5 Å². The van der Waals surface area contributed by atoms with Crippen LogP contribution in [0.4, 0.5) is 0 Å². The van der Waals surface area contributed by atoms with Gasteiger partial charge in [-0.1, -0.05) is 76.6 Å². The Morgan fingerprint density at radius 2 is 1.42 bits per heavy atom. The molecule has 0 saturated heterocycles. The zero-order chi connectivity index (χ0) is 16.8. The Bertz CT molecular complexity index is 833. The van der Waals surface area contributed by atoms with Crippen LogP contribution >= 0.6 is 15.9 Å². The van der Waals surface area contributed by atoms with Crippen LogP contribution in [0.5, 0.6) is 5.75 Å². The number of halogens is 1. The molecule has 3 nitrogen and oxygen atoms in total. The lowest BCUT2D eigenvalue weighted by atomic mass is 10.0. The molecule has 0 amide bonds. The molecular weight excluding hydrogens is 364 g/mol. The summed E-state index contributed by atoms with van der Waals surface area (Å²) in [7, 11) is 0. The summed E-state index contributed by atoms with van der Waals surface area (Å²) in [6.07, 6.45) is 1.55. The van der Waals surface area contributed by atoms with Gasteiger partial charge in [-0.05, 0) is 18.2 Å². The van der Waals surface area contributed by atoms with Crippen molar-refractivity contribution in [2.45, 2.75) is 0 Å². The molecule has 24 heavy (non-hydrogen) atoms. The fourth-order valence-corrected chi connectivity index (χ4v) is 2.63. The number of benzene rings is 3. The second-order valence-electron chi connectivity index (χ2n) is 5.13. The first-order chi connectivity index (χ1) is 11.7. The maximum Gasteiger partial charge on any atom is 0.124 e. The van der Waals surface area contributed by atoms with Crippen LogP contribution in [0.1, 0.15) is 16.7 Å². The van der Waals surface area contributed by atoms with Gasteiger partial charge in [0.2, 0.25) is 0 Å². The topological polar surface area (TPSA) is 45.0 Å². The molecule has 0 unspecified atom stereocenters. The average molecular weight is 379 g/mol. The molecule has 0 aliphatic rings. The Balaban J connectivity index is 1.98. The van der Waals surface area contributed by atoms with E-state index < -0.39 is 0 Å². The van der Waals surface area contributed by atoms with Gasteiger partial charge in [-0.25, -0.2) is 0 Å². The second kappa shape index (κ2) is 7.70. The van der Waals surface area contributed by atoms with Gasteiger partial charge in [0.15, 0.2) is 0 Å². The molecule has 0 atom stereocenters. The van der Waals surface area contributed by atoms with Crippen LogP contribution < -0.4 is 0 Å². The van der Waals surface area contributed by atoms with Crippen molar-refractivity contribution < 1.29 is 5.11 Å².